The molecular weight excluding hydrogens is 268 g/mol. The largest absolute Gasteiger partial charge is 0.481 e. The fourth-order valence-electron chi connectivity index (χ4n) is 2.82. The highest BCUT2D eigenvalue weighted by Crippen LogP contribution is 2.45. The van der Waals surface area contributed by atoms with Crippen LogP contribution in [0.1, 0.15) is 24.8 Å². The molecule has 1 aliphatic carbocycles. The van der Waals surface area contributed by atoms with Crippen LogP contribution in [0.25, 0.3) is 11.1 Å². The Balaban J connectivity index is 2.07. The molecule has 0 amide bonds. The SMILES string of the molecule is COc1ncncc1-c1cccc(C2(C(=O)O)CCC2)c1. The minimum atomic E-state index is -0.748. The lowest BCUT2D eigenvalue weighted by atomic mass is 9.64. The van der Waals surface area contributed by atoms with E-state index in [1.807, 2.05) is 24.3 Å². The van der Waals surface area contributed by atoms with Gasteiger partial charge in [0.25, 0.3) is 0 Å². The molecular formula is C16H16N2O3. The fourth-order valence-corrected chi connectivity index (χ4v) is 2.82. The number of ether oxygens (including phenoxy) is 1. The minimum absolute atomic E-state index is 0.486. The van der Waals surface area contributed by atoms with E-state index in [9.17, 15) is 9.90 Å². The number of rotatable bonds is 4. The first-order valence-electron chi connectivity index (χ1n) is 6.86. The molecule has 0 aliphatic heterocycles. The Morgan fingerprint density at radius 2 is 2.19 bits per heavy atom. The highest BCUT2D eigenvalue weighted by molar-refractivity contribution is 5.83. The lowest BCUT2D eigenvalue weighted by Crippen LogP contribution is -2.42. The Labute approximate surface area is 122 Å². The van der Waals surface area contributed by atoms with Gasteiger partial charge in [-0.05, 0) is 30.0 Å². The lowest BCUT2D eigenvalue weighted by Gasteiger charge is -2.38. The van der Waals surface area contributed by atoms with E-state index in [-0.39, 0.29) is 0 Å². The number of aliphatic carboxylic acids is 1. The van der Waals surface area contributed by atoms with Crippen LogP contribution >= 0.6 is 0 Å². The van der Waals surface area contributed by atoms with E-state index in [2.05, 4.69) is 9.97 Å². The maximum Gasteiger partial charge on any atom is 0.314 e. The van der Waals surface area contributed by atoms with Gasteiger partial charge in [0.2, 0.25) is 5.88 Å². The highest BCUT2D eigenvalue weighted by atomic mass is 16.5. The van der Waals surface area contributed by atoms with Crippen LogP contribution in [0.3, 0.4) is 0 Å². The Kier molecular flexibility index (Phi) is 3.33. The topological polar surface area (TPSA) is 72.3 Å². The molecule has 0 saturated heterocycles. The van der Waals surface area contributed by atoms with E-state index >= 15 is 0 Å². The molecule has 0 unspecified atom stereocenters. The smallest absolute Gasteiger partial charge is 0.314 e. The van der Waals surface area contributed by atoms with Crippen molar-refractivity contribution in [1.29, 1.82) is 0 Å². The van der Waals surface area contributed by atoms with E-state index in [1.165, 1.54) is 6.33 Å². The number of methoxy groups -OCH3 is 1. The van der Waals surface area contributed by atoms with Gasteiger partial charge in [-0.2, -0.15) is 0 Å². The third-order valence-corrected chi connectivity index (χ3v) is 4.21. The number of nitrogens with zero attached hydrogens (tertiary/aromatic N) is 2. The molecule has 5 heteroatoms. The van der Waals surface area contributed by atoms with Crippen LogP contribution in [-0.2, 0) is 10.2 Å². The number of carbonyl (C=O) groups is 1. The molecule has 1 aromatic carbocycles. The van der Waals surface area contributed by atoms with Gasteiger partial charge in [0.15, 0.2) is 0 Å². The summed E-state index contributed by atoms with van der Waals surface area (Å²) in [6, 6.07) is 7.58. The van der Waals surface area contributed by atoms with Gasteiger partial charge in [-0.15, -0.1) is 0 Å². The number of hydrogen-bond donors (Lipinski definition) is 1. The molecule has 21 heavy (non-hydrogen) atoms. The summed E-state index contributed by atoms with van der Waals surface area (Å²) in [6.45, 7) is 0. The van der Waals surface area contributed by atoms with Crippen molar-refractivity contribution >= 4 is 5.97 Å². The summed E-state index contributed by atoms with van der Waals surface area (Å²) in [5.41, 5.74) is 1.74. The van der Waals surface area contributed by atoms with Gasteiger partial charge >= 0.3 is 5.97 Å². The first-order valence-corrected chi connectivity index (χ1v) is 6.86. The summed E-state index contributed by atoms with van der Waals surface area (Å²) in [4.78, 5) is 19.7. The number of aromatic nitrogens is 2. The Hall–Kier alpha value is -2.43. The second-order valence-corrected chi connectivity index (χ2v) is 5.27. The first kappa shape index (κ1) is 13.5. The molecule has 1 saturated carbocycles. The monoisotopic (exact) mass is 284 g/mol. The highest BCUT2D eigenvalue weighted by Gasteiger charge is 2.45. The average Bonchev–Trinajstić information content (AvgIpc) is 2.46. The van der Waals surface area contributed by atoms with Crippen LogP contribution in [0.4, 0.5) is 0 Å². The van der Waals surface area contributed by atoms with E-state index in [4.69, 9.17) is 4.74 Å². The Morgan fingerprint density at radius 3 is 2.81 bits per heavy atom. The molecule has 1 N–H and O–H groups in total. The second kappa shape index (κ2) is 5.16. The zero-order chi connectivity index (χ0) is 14.9. The molecule has 0 atom stereocenters. The minimum Gasteiger partial charge on any atom is -0.481 e. The third kappa shape index (κ3) is 2.14. The third-order valence-electron chi connectivity index (χ3n) is 4.21. The van der Waals surface area contributed by atoms with Gasteiger partial charge in [-0.1, -0.05) is 24.6 Å². The van der Waals surface area contributed by atoms with Gasteiger partial charge < -0.3 is 9.84 Å². The van der Waals surface area contributed by atoms with Crippen molar-refractivity contribution in [3.63, 3.8) is 0 Å². The lowest BCUT2D eigenvalue weighted by molar-refractivity contribution is -0.147. The molecule has 0 spiro atoms. The predicted octanol–water partition coefficient (Wildman–Crippen LogP) is 2.66. The summed E-state index contributed by atoms with van der Waals surface area (Å²) >= 11 is 0. The van der Waals surface area contributed by atoms with Crippen molar-refractivity contribution in [2.75, 3.05) is 7.11 Å². The van der Waals surface area contributed by atoms with E-state index in [0.29, 0.717) is 18.7 Å². The molecule has 1 fully saturated rings. The molecule has 108 valence electrons. The summed E-state index contributed by atoms with van der Waals surface area (Å²) in [6.07, 6.45) is 5.44. The molecule has 1 aliphatic rings. The Bertz CT molecular complexity index is 681. The molecule has 3 rings (SSSR count). The van der Waals surface area contributed by atoms with Crippen molar-refractivity contribution in [2.24, 2.45) is 0 Å². The summed E-state index contributed by atoms with van der Waals surface area (Å²) in [5, 5.41) is 9.55. The number of hydrogen-bond acceptors (Lipinski definition) is 4. The average molecular weight is 284 g/mol. The molecule has 1 heterocycles. The second-order valence-electron chi connectivity index (χ2n) is 5.27. The number of benzene rings is 1. The van der Waals surface area contributed by atoms with Gasteiger partial charge in [0.05, 0.1) is 18.1 Å². The zero-order valence-electron chi connectivity index (χ0n) is 11.7. The zero-order valence-corrected chi connectivity index (χ0v) is 11.7. The van der Waals surface area contributed by atoms with Crippen LogP contribution in [0.15, 0.2) is 36.8 Å². The molecule has 0 radical (unpaired) electrons. The van der Waals surface area contributed by atoms with Crippen molar-refractivity contribution < 1.29 is 14.6 Å². The van der Waals surface area contributed by atoms with Gasteiger partial charge in [0, 0.05) is 6.20 Å². The van der Waals surface area contributed by atoms with Crippen molar-refractivity contribution in [2.45, 2.75) is 24.7 Å². The van der Waals surface area contributed by atoms with Gasteiger partial charge in [0.1, 0.15) is 6.33 Å². The quantitative estimate of drug-likeness (QED) is 0.934. The van der Waals surface area contributed by atoms with E-state index in [1.54, 1.807) is 13.3 Å². The predicted molar refractivity (Wildman–Crippen MR) is 77.2 cm³/mol. The summed E-state index contributed by atoms with van der Waals surface area (Å²) in [7, 11) is 1.56. The van der Waals surface area contributed by atoms with Crippen LogP contribution < -0.4 is 4.74 Å². The number of carboxylic acid groups (broad SMARTS) is 1. The van der Waals surface area contributed by atoms with Crippen LogP contribution in [-0.4, -0.2) is 28.2 Å². The fraction of sp³-hybridized carbons (Fsp3) is 0.312. The van der Waals surface area contributed by atoms with Crippen molar-refractivity contribution in [3.05, 3.63) is 42.4 Å². The molecule has 0 bridgehead atoms. The first-order chi connectivity index (χ1) is 10.2. The van der Waals surface area contributed by atoms with Gasteiger partial charge in [-0.25, -0.2) is 9.97 Å². The number of carboxylic acids is 1. The molecule has 1 aromatic heterocycles. The van der Waals surface area contributed by atoms with Crippen LogP contribution in [0.2, 0.25) is 0 Å². The summed E-state index contributed by atoms with van der Waals surface area (Å²) in [5.74, 6) is -0.262. The summed E-state index contributed by atoms with van der Waals surface area (Å²) < 4.78 is 5.25. The maximum atomic E-state index is 11.6. The van der Waals surface area contributed by atoms with Gasteiger partial charge in [-0.3, -0.25) is 4.79 Å². The standard InChI is InChI=1S/C16H16N2O3/c1-21-14-13(9-17-10-18-14)11-4-2-5-12(8-11)16(15(19)20)6-3-7-16/h2,4-5,8-10H,3,6-7H2,1H3,(H,19,20). The van der Waals surface area contributed by atoms with E-state index in [0.717, 1.165) is 23.1 Å². The molecule has 5 nitrogen and oxygen atoms in total. The Morgan fingerprint density at radius 1 is 1.38 bits per heavy atom. The van der Waals surface area contributed by atoms with E-state index < -0.39 is 11.4 Å². The van der Waals surface area contributed by atoms with Crippen LogP contribution in [0.5, 0.6) is 5.88 Å². The molecule has 2 aromatic rings. The maximum absolute atomic E-state index is 11.6. The van der Waals surface area contributed by atoms with Crippen molar-refractivity contribution in [3.8, 4) is 17.0 Å². The van der Waals surface area contributed by atoms with Crippen molar-refractivity contribution in [1.82, 2.24) is 9.97 Å². The normalized spacial score (nSPS) is 16.0. The van der Waals surface area contributed by atoms with Crippen LogP contribution in [0, 0.1) is 0 Å².